The van der Waals surface area contributed by atoms with Crippen LogP contribution >= 0.6 is 0 Å². The molecule has 0 radical (unpaired) electrons. The highest BCUT2D eigenvalue weighted by molar-refractivity contribution is 5.89. The second-order valence-corrected chi connectivity index (χ2v) is 2.03. The van der Waals surface area contributed by atoms with Crippen LogP contribution in [0.4, 0.5) is 0 Å². The molecule has 0 spiro atoms. The van der Waals surface area contributed by atoms with Crippen LogP contribution in [0.3, 0.4) is 0 Å². The smallest absolute Gasteiger partial charge is 0.156 e. The normalized spacial score (nSPS) is 9.60. The summed E-state index contributed by atoms with van der Waals surface area (Å²) in [5, 5.41) is 8.05. The van der Waals surface area contributed by atoms with Gasteiger partial charge in [0.25, 0.3) is 0 Å². The molecule has 0 saturated heterocycles. The van der Waals surface area contributed by atoms with Gasteiger partial charge in [-0.1, -0.05) is 13.3 Å². The molecule has 54 valence electrons. The van der Waals surface area contributed by atoms with Gasteiger partial charge in [0.1, 0.15) is 0 Å². The van der Waals surface area contributed by atoms with E-state index in [0.29, 0.717) is 6.42 Å². The van der Waals surface area contributed by atoms with Gasteiger partial charge in [-0.2, -0.15) is 5.26 Å². The van der Waals surface area contributed by atoms with Crippen LogP contribution in [0.1, 0.15) is 26.2 Å². The minimum atomic E-state index is 0.0448. The third-order valence-electron chi connectivity index (χ3n) is 1.12. The van der Waals surface area contributed by atoms with E-state index < -0.39 is 0 Å². The number of rotatable bonds is 4. The number of nitriles is 1. The number of ketones is 1. The zero-order chi connectivity index (χ0) is 7.82. The number of carbonyl (C=O) groups excluding carboxylic acids is 1. The molecule has 0 amide bonds. The SMILES string of the molecule is CCCCC(=O)/C=C/C#N. The van der Waals surface area contributed by atoms with Crippen molar-refractivity contribution in [3.05, 3.63) is 12.2 Å². The van der Waals surface area contributed by atoms with E-state index in [0.717, 1.165) is 12.8 Å². The standard InChI is InChI=1S/C8H11NO/c1-2-3-5-8(10)6-4-7-9/h4,6H,2-3,5H2,1H3/b6-4+. The quantitative estimate of drug-likeness (QED) is 0.438. The first-order valence-electron chi connectivity index (χ1n) is 3.40. The van der Waals surface area contributed by atoms with Crippen LogP contribution in [0, 0.1) is 11.3 Å². The molecule has 2 heteroatoms. The van der Waals surface area contributed by atoms with Crippen LogP contribution in [0.25, 0.3) is 0 Å². The summed E-state index contributed by atoms with van der Waals surface area (Å²) < 4.78 is 0. The van der Waals surface area contributed by atoms with Gasteiger partial charge in [0.15, 0.2) is 5.78 Å². The molecular formula is C8H11NO. The number of nitrogens with zero attached hydrogens (tertiary/aromatic N) is 1. The summed E-state index contributed by atoms with van der Waals surface area (Å²) in [5.74, 6) is 0.0448. The Morgan fingerprint density at radius 3 is 2.90 bits per heavy atom. The Morgan fingerprint density at radius 1 is 1.70 bits per heavy atom. The summed E-state index contributed by atoms with van der Waals surface area (Å²) in [7, 11) is 0. The van der Waals surface area contributed by atoms with Crippen LogP contribution in [0.5, 0.6) is 0 Å². The molecule has 10 heavy (non-hydrogen) atoms. The fourth-order valence-electron chi connectivity index (χ4n) is 0.565. The minimum absolute atomic E-state index is 0.0448. The Kier molecular flexibility index (Phi) is 5.36. The monoisotopic (exact) mass is 137 g/mol. The Hall–Kier alpha value is -1.10. The Bertz CT molecular complexity index is 165. The van der Waals surface area contributed by atoms with Gasteiger partial charge in [0.05, 0.1) is 6.07 Å². The molecule has 0 aliphatic carbocycles. The van der Waals surface area contributed by atoms with Crippen LogP contribution in [-0.2, 0) is 4.79 Å². The number of carbonyl (C=O) groups is 1. The maximum absolute atomic E-state index is 10.7. The second kappa shape index (κ2) is 6.03. The van der Waals surface area contributed by atoms with Crippen molar-refractivity contribution in [2.75, 3.05) is 0 Å². The number of unbranched alkanes of at least 4 members (excludes halogenated alkanes) is 1. The zero-order valence-electron chi connectivity index (χ0n) is 6.13. The van der Waals surface area contributed by atoms with Gasteiger partial charge in [-0.05, 0) is 12.5 Å². The van der Waals surface area contributed by atoms with E-state index in [-0.39, 0.29) is 5.78 Å². The minimum Gasteiger partial charge on any atom is -0.295 e. The predicted octanol–water partition coefficient (Wildman–Crippen LogP) is 1.83. The molecule has 0 aliphatic heterocycles. The van der Waals surface area contributed by atoms with Gasteiger partial charge >= 0.3 is 0 Å². The van der Waals surface area contributed by atoms with Crippen molar-refractivity contribution in [3.63, 3.8) is 0 Å². The van der Waals surface area contributed by atoms with E-state index in [1.54, 1.807) is 6.07 Å². The first-order chi connectivity index (χ1) is 4.81. The third-order valence-corrected chi connectivity index (χ3v) is 1.12. The van der Waals surface area contributed by atoms with Gasteiger partial charge in [-0.25, -0.2) is 0 Å². The van der Waals surface area contributed by atoms with Gasteiger partial charge in [0.2, 0.25) is 0 Å². The van der Waals surface area contributed by atoms with Crippen LogP contribution in [0.15, 0.2) is 12.2 Å². The maximum Gasteiger partial charge on any atom is 0.156 e. The maximum atomic E-state index is 10.7. The summed E-state index contributed by atoms with van der Waals surface area (Å²) in [4.78, 5) is 10.7. The Balaban J connectivity index is 3.46. The fraction of sp³-hybridized carbons (Fsp3) is 0.500. The highest BCUT2D eigenvalue weighted by Crippen LogP contribution is 1.95. The van der Waals surface area contributed by atoms with Crippen molar-refractivity contribution in [1.29, 1.82) is 5.26 Å². The molecule has 0 heterocycles. The lowest BCUT2D eigenvalue weighted by Gasteiger charge is -1.88. The van der Waals surface area contributed by atoms with E-state index in [1.165, 1.54) is 12.2 Å². The van der Waals surface area contributed by atoms with Gasteiger partial charge < -0.3 is 0 Å². The van der Waals surface area contributed by atoms with Gasteiger partial charge in [-0.3, -0.25) is 4.79 Å². The molecule has 2 nitrogen and oxygen atoms in total. The molecule has 0 aromatic heterocycles. The lowest BCUT2D eigenvalue weighted by molar-refractivity contribution is -0.114. The molecule has 0 atom stereocenters. The molecule has 0 saturated carbocycles. The Labute approximate surface area is 61.2 Å². The number of hydrogen-bond donors (Lipinski definition) is 0. The molecule has 0 N–H and O–H groups in total. The Morgan fingerprint density at radius 2 is 2.40 bits per heavy atom. The van der Waals surface area contributed by atoms with Crippen LogP contribution < -0.4 is 0 Å². The van der Waals surface area contributed by atoms with E-state index >= 15 is 0 Å². The summed E-state index contributed by atoms with van der Waals surface area (Å²) in [5.41, 5.74) is 0. The molecule has 0 aromatic carbocycles. The van der Waals surface area contributed by atoms with Crippen molar-refractivity contribution in [1.82, 2.24) is 0 Å². The molecule has 0 rings (SSSR count). The highest BCUT2D eigenvalue weighted by atomic mass is 16.1. The predicted molar refractivity (Wildman–Crippen MR) is 39.3 cm³/mol. The number of allylic oxidation sites excluding steroid dienone is 2. The first kappa shape index (κ1) is 8.90. The molecular weight excluding hydrogens is 126 g/mol. The van der Waals surface area contributed by atoms with Crippen molar-refractivity contribution in [2.45, 2.75) is 26.2 Å². The van der Waals surface area contributed by atoms with E-state index in [2.05, 4.69) is 0 Å². The van der Waals surface area contributed by atoms with Crippen molar-refractivity contribution in [3.8, 4) is 6.07 Å². The van der Waals surface area contributed by atoms with E-state index in [1.807, 2.05) is 6.92 Å². The zero-order valence-corrected chi connectivity index (χ0v) is 6.13. The average Bonchev–Trinajstić information content (AvgIpc) is 1.97. The lowest BCUT2D eigenvalue weighted by atomic mass is 10.2. The first-order valence-corrected chi connectivity index (χ1v) is 3.40. The fourth-order valence-corrected chi connectivity index (χ4v) is 0.565. The van der Waals surface area contributed by atoms with Crippen molar-refractivity contribution >= 4 is 5.78 Å². The average molecular weight is 137 g/mol. The third kappa shape index (κ3) is 5.04. The second-order valence-electron chi connectivity index (χ2n) is 2.03. The van der Waals surface area contributed by atoms with Crippen molar-refractivity contribution in [2.24, 2.45) is 0 Å². The summed E-state index contributed by atoms with van der Waals surface area (Å²) in [6.45, 7) is 2.03. The van der Waals surface area contributed by atoms with Crippen LogP contribution in [-0.4, -0.2) is 5.78 Å². The molecule has 0 aromatic rings. The summed E-state index contributed by atoms with van der Waals surface area (Å²) in [6, 6.07) is 1.77. The van der Waals surface area contributed by atoms with Crippen LogP contribution in [0.2, 0.25) is 0 Å². The summed E-state index contributed by atoms with van der Waals surface area (Å²) in [6.07, 6.45) is 5.04. The molecule has 0 fully saturated rings. The largest absolute Gasteiger partial charge is 0.295 e. The lowest BCUT2D eigenvalue weighted by Crippen LogP contribution is -1.90. The number of hydrogen-bond acceptors (Lipinski definition) is 2. The van der Waals surface area contributed by atoms with Gasteiger partial charge in [-0.15, -0.1) is 0 Å². The van der Waals surface area contributed by atoms with E-state index in [4.69, 9.17) is 5.26 Å². The molecule has 0 unspecified atom stereocenters. The van der Waals surface area contributed by atoms with Gasteiger partial charge in [0, 0.05) is 12.5 Å². The molecule has 0 aliphatic rings. The highest BCUT2D eigenvalue weighted by Gasteiger charge is 1.92. The van der Waals surface area contributed by atoms with E-state index in [9.17, 15) is 4.79 Å². The summed E-state index contributed by atoms with van der Waals surface area (Å²) >= 11 is 0. The topological polar surface area (TPSA) is 40.9 Å². The van der Waals surface area contributed by atoms with Crippen molar-refractivity contribution < 1.29 is 4.79 Å². The molecule has 0 bridgehead atoms.